The summed E-state index contributed by atoms with van der Waals surface area (Å²) in [5.74, 6) is 0. The standard InChI is InChI=1S/Al.BH4SiTe.Bi.6H/c;2-1-3;;;;;;;/h;3H,2H3;;;;;;;. The van der Waals surface area contributed by atoms with Gasteiger partial charge in [-0.15, -0.1) is 0 Å². The van der Waals surface area contributed by atoms with Gasteiger partial charge in [0.2, 0.25) is 0 Å². The van der Waals surface area contributed by atoms with Crippen LogP contribution in [0.15, 0.2) is 0 Å². The molecule has 0 aliphatic carbocycles. The van der Waals surface area contributed by atoms with Crippen LogP contribution in [0.5, 0.6) is 0 Å². The van der Waals surface area contributed by atoms with Crippen molar-refractivity contribution in [3.05, 3.63) is 0 Å². The van der Waals surface area contributed by atoms with Crippen molar-refractivity contribution in [3.63, 3.8) is 0 Å². The molecule has 1 radical (unpaired) electrons. The van der Waals surface area contributed by atoms with Crippen LogP contribution in [0.1, 0.15) is 0 Å². The van der Waals surface area contributed by atoms with Crippen LogP contribution < -0.4 is 0 Å². The molecule has 31 valence electrons. The summed E-state index contributed by atoms with van der Waals surface area (Å²) in [5.41, 5.74) is 0. The number of hydrogen-bond donors (Lipinski definition) is 0. The van der Waals surface area contributed by atoms with E-state index in [0.717, 1.165) is 0 Å². The van der Waals surface area contributed by atoms with E-state index in [1.807, 2.05) is 0 Å². The molecule has 0 aromatic rings. The molecule has 0 unspecified atom stereocenters. The summed E-state index contributed by atoms with van der Waals surface area (Å²) in [6.07, 6.45) is 0. The summed E-state index contributed by atoms with van der Waals surface area (Å²) in [4.78, 5) is 0. The van der Waals surface area contributed by atoms with E-state index in [4.69, 9.17) is 0 Å². The van der Waals surface area contributed by atoms with Crippen molar-refractivity contribution in [1.29, 1.82) is 0 Å². The molecule has 0 rings (SSSR count). The summed E-state index contributed by atoms with van der Waals surface area (Å²) in [6.45, 7) is 0. The SMILES string of the molecule is [AlH3].[BiH3].[SiH3][B][TeH]. The molecule has 0 spiro atoms. The Bertz CT molecular complexity index is 11.6. The monoisotopic (exact) mass is 415 g/mol. The zero-order valence-corrected chi connectivity index (χ0v) is 12.8. The molecule has 0 N–H and O–H groups in total. The van der Waals surface area contributed by atoms with Crippen LogP contribution in [0, 0.1) is 0 Å². The normalized spacial score (nSPS) is 3.40. The summed E-state index contributed by atoms with van der Waals surface area (Å²) in [6, 6.07) is 0. The van der Waals surface area contributed by atoms with Crippen molar-refractivity contribution in [2.24, 2.45) is 0 Å². The molecular weight excluding hydrogens is 402 g/mol. The first kappa shape index (κ1) is 15.6. The third-order valence-corrected chi connectivity index (χ3v) is 0. The molecule has 0 aliphatic heterocycles. The molecule has 0 bridgehead atoms. The van der Waals surface area contributed by atoms with Gasteiger partial charge >= 0.3 is 63.2 Å². The van der Waals surface area contributed by atoms with Crippen molar-refractivity contribution in [3.8, 4) is 0 Å². The average molecular weight is 413 g/mol. The molecule has 0 fully saturated rings. The van der Waals surface area contributed by atoms with Crippen LogP contribution >= 0.6 is 0 Å². The van der Waals surface area contributed by atoms with Gasteiger partial charge in [0.05, 0.1) is 0 Å². The minimum atomic E-state index is 0. The molecule has 5 heavy (non-hydrogen) atoms. The first-order valence-corrected chi connectivity index (χ1v) is 3.46. The van der Waals surface area contributed by atoms with Crippen molar-refractivity contribution < 1.29 is 0 Å². The first-order chi connectivity index (χ1) is 1.41. The van der Waals surface area contributed by atoms with Crippen LogP contribution in [0.2, 0.25) is 0 Å². The molecule has 0 saturated carbocycles. The predicted molar refractivity (Wildman–Crippen MR) is 42.7 cm³/mol. The molecule has 0 heterocycles. The van der Waals surface area contributed by atoms with Crippen LogP contribution in [-0.4, -0.2) is 80.5 Å². The van der Waals surface area contributed by atoms with E-state index in [-0.39, 0.29) is 43.6 Å². The van der Waals surface area contributed by atoms with Gasteiger partial charge in [0, 0.05) is 0 Å². The second kappa shape index (κ2) is 16.1. The maximum absolute atomic E-state index is 2.19. The number of rotatable bonds is 0. The maximum atomic E-state index is 2.19. The Balaban J connectivity index is -0.0000000200. The van der Waals surface area contributed by atoms with E-state index in [0.29, 0.717) is 0 Å². The van der Waals surface area contributed by atoms with E-state index in [9.17, 15) is 0 Å². The Morgan fingerprint density at radius 3 is 1.60 bits per heavy atom. The van der Waals surface area contributed by atoms with E-state index in [1.165, 1.54) is 10.1 Å². The van der Waals surface area contributed by atoms with Crippen molar-refractivity contribution in [2.45, 2.75) is 0 Å². The summed E-state index contributed by atoms with van der Waals surface area (Å²) in [7, 11) is 1.27. The van der Waals surface area contributed by atoms with Crippen LogP contribution in [-0.2, 0) is 0 Å². The average Bonchev–Trinajstić information content (AvgIpc) is 0.918. The van der Waals surface area contributed by atoms with Crippen molar-refractivity contribution >= 4 is 80.5 Å². The minimum absolute atomic E-state index is 0. The van der Waals surface area contributed by atoms with E-state index >= 15 is 0 Å². The van der Waals surface area contributed by atoms with Gasteiger partial charge in [-0.2, -0.15) is 0 Å². The van der Waals surface area contributed by atoms with Crippen molar-refractivity contribution in [1.82, 2.24) is 0 Å². The molecule has 0 aliphatic rings. The molecular formula is H10AlBBiSiTe. The third-order valence-electron chi connectivity index (χ3n) is 0. The van der Waals surface area contributed by atoms with Gasteiger partial charge in [0.1, 0.15) is 0 Å². The number of hydrogen-bond acceptors (Lipinski definition) is 0. The second-order valence-corrected chi connectivity index (χ2v) is 5.20. The summed E-state index contributed by atoms with van der Waals surface area (Å²) in [5, 5.41) is 0. The van der Waals surface area contributed by atoms with Crippen molar-refractivity contribution in [2.75, 3.05) is 0 Å². The first-order valence-electron chi connectivity index (χ1n) is 0.836. The Hall–Kier alpha value is 2.49. The third kappa shape index (κ3) is 21.1. The molecule has 0 saturated heterocycles. The molecule has 0 amide bonds. The zero-order chi connectivity index (χ0) is 2.71. The Kier molecular flexibility index (Phi) is 50.3. The zero-order valence-electron chi connectivity index (χ0n) is 2.73. The van der Waals surface area contributed by atoms with Gasteiger partial charge in [0.25, 0.3) is 0 Å². The van der Waals surface area contributed by atoms with Gasteiger partial charge in [-0.05, 0) is 0 Å². The van der Waals surface area contributed by atoms with Gasteiger partial charge < -0.3 is 0 Å². The van der Waals surface area contributed by atoms with Gasteiger partial charge in [-0.1, -0.05) is 0 Å². The second-order valence-electron chi connectivity index (χ2n) is 0.258. The van der Waals surface area contributed by atoms with Crippen LogP contribution in [0.3, 0.4) is 0 Å². The van der Waals surface area contributed by atoms with Crippen LogP contribution in [0.4, 0.5) is 0 Å². The molecule has 5 heteroatoms. The summed E-state index contributed by atoms with van der Waals surface area (Å²) >= 11 is 1.79. The quantitative estimate of drug-likeness (QED) is 0.352. The fourth-order valence-corrected chi connectivity index (χ4v) is 0. The Labute approximate surface area is 79.4 Å². The molecule has 0 nitrogen and oxygen atoms in total. The Morgan fingerprint density at radius 2 is 1.60 bits per heavy atom. The van der Waals surface area contributed by atoms with Gasteiger partial charge in [-0.3, -0.25) is 0 Å². The fourth-order valence-electron chi connectivity index (χ4n) is 0. The predicted octanol–water partition coefficient (Wildman–Crippen LogP) is -4.58. The van der Waals surface area contributed by atoms with E-state index < -0.39 is 0 Å². The van der Waals surface area contributed by atoms with Crippen LogP contribution in [0.25, 0.3) is 0 Å². The molecule has 0 aromatic heterocycles. The van der Waals surface area contributed by atoms with Gasteiger partial charge in [-0.25, -0.2) is 0 Å². The molecule has 0 aromatic carbocycles. The topological polar surface area (TPSA) is 0 Å². The fraction of sp³-hybridized carbons (Fsp3) is 0. The van der Waals surface area contributed by atoms with Gasteiger partial charge in [0.15, 0.2) is 17.4 Å². The molecule has 0 atom stereocenters. The van der Waals surface area contributed by atoms with E-state index in [1.54, 1.807) is 22.1 Å². The summed E-state index contributed by atoms with van der Waals surface area (Å²) < 4.78 is 2.19. The Morgan fingerprint density at radius 1 is 1.60 bits per heavy atom. The van der Waals surface area contributed by atoms with E-state index in [2.05, 4.69) is 4.77 Å².